The summed E-state index contributed by atoms with van der Waals surface area (Å²) in [5.41, 5.74) is 1.45. The molecule has 0 bridgehead atoms. The van der Waals surface area contributed by atoms with Crippen molar-refractivity contribution in [1.29, 1.82) is 0 Å². The average molecular weight is 271 g/mol. The van der Waals surface area contributed by atoms with Crippen LogP contribution in [0, 0.1) is 5.82 Å². The van der Waals surface area contributed by atoms with E-state index in [9.17, 15) is 14.0 Å². The smallest absolute Gasteiger partial charge is 0.233 e. The number of nitrogens with zero attached hydrogens (tertiary/aromatic N) is 1. The molecule has 102 valence electrons. The molecule has 0 aliphatic heterocycles. The first kappa shape index (κ1) is 13.9. The first-order chi connectivity index (χ1) is 9.49. The monoisotopic (exact) mass is 271 g/mol. The Bertz CT molecular complexity index is 631. The maximum absolute atomic E-state index is 12.8. The topological polar surface area (TPSA) is 37.4 Å². The maximum Gasteiger partial charge on any atom is 0.233 e. The molecule has 2 aromatic carbocycles. The number of rotatable bonds is 4. The highest BCUT2D eigenvalue weighted by atomic mass is 19.1. The van der Waals surface area contributed by atoms with E-state index in [1.807, 2.05) is 19.0 Å². The highest BCUT2D eigenvalue weighted by molar-refractivity contribution is 6.49. The number of anilines is 1. The molecule has 2 aromatic rings. The summed E-state index contributed by atoms with van der Waals surface area (Å²) in [6.07, 6.45) is 0. The third-order valence-corrected chi connectivity index (χ3v) is 2.96. The summed E-state index contributed by atoms with van der Waals surface area (Å²) in [6, 6.07) is 11.7. The Labute approximate surface area is 116 Å². The number of carbonyl (C=O) groups excluding carboxylic acids is 2. The SMILES string of the molecule is CN(C)c1ccc(C(=O)C(=O)c2ccc(F)cc2)cc1. The van der Waals surface area contributed by atoms with Gasteiger partial charge in [0.25, 0.3) is 0 Å². The lowest BCUT2D eigenvalue weighted by atomic mass is 10.0. The van der Waals surface area contributed by atoms with Crippen molar-refractivity contribution in [3.63, 3.8) is 0 Å². The van der Waals surface area contributed by atoms with Crippen molar-refractivity contribution in [3.05, 3.63) is 65.5 Å². The Balaban J connectivity index is 2.22. The van der Waals surface area contributed by atoms with E-state index in [2.05, 4.69) is 0 Å². The number of Topliss-reactive ketones (excluding diaryl/α,β-unsaturated/α-hetero) is 2. The molecule has 0 aliphatic rings. The molecule has 0 saturated heterocycles. The van der Waals surface area contributed by atoms with Gasteiger partial charge in [-0.25, -0.2) is 4.39 Å². The van der Waals surface area contributed by atoms with Gasteiger partial charge in [0.2, 0.25) is 11.6 Å². The van der Waals surface area contributed by atoms with Crippen molar-refractivity contribution >= 4 is 17.3 Å². The van der Waals surface area contributed by atoms with E-state index in [4.69, 9.17) is 0 Å². The lowest BCUT2D eigenvalue weighted by Crippen LogP contribution is -2.15. The molecule has 0 fully saturated rings. The number of benzene rings is 2. The van der Waals surface area contributed by atoms with Crippen LogP contribution in [0.25, 0.3) is 0 Å². The maximum atomic E-state index is 12.8. The normalized spacial score (nSPS) is 10.2. The summed E-state index contributed by atoms with van der Waals surface area (Å²) >= 11 is 0. The van der Waals surface area contributed by atoms with E-state index >= 15 is 0 Å². The second kappa shape index (κ2) is 5.65. The van der Waals surface area contributed by atoms with Crippen LogP contribution in [0.3, 0.4) is 0 Å². The van der Waals surface area contributed by atoms with E-state index in [1.165, 1.54) is 12.1 Å². The molecule has 0 radical (unpaired) electrons. The lowest BCUT2D eigenvalue weighted by Gasteiger charge is -2.12. The number of halogens is 1. The Kier molecular flexibility index (Phi) is 3.94. The van der Waals surface area contributed by atoms with E-state index in [0.29, 0.717) is 5.56 Å². The molecule has 0 saturated carbocycles. The van der Waals surface area contributed by atoms with Crippen molar-refractivity contribution in [1.82, 2.24) is 0 Å². The van der Waals surface area contributed by atoms with Crippen LogP contribution in [-0.2, 0) is 0 Å². The number of ketones is 2. The molecule has 0 aliphatic carbocycles. The summed E-state index contributed by atoms with van der Waals surface area (Å²) in [7, 11) is 3.78. The van der Waals surface area contributed by atoms with E-state index in [-0.39, 0.29) is 5.56 Å². The summed E-state index contributed by atoms with van der Waals surface area (Å²) in [4.78, 5) is 25.9. The van der Waals surface area contributed by atoms with Gasteiger partial charge < -0.3 is 4.90 Å². The minimum absolute atomic E-state index is 0.188. The average Bonchev–Trinajstić information content (AvgIpc) is 2.46. The van der Waals surface area contributed by atoms with E-state index in [1.54, 1.807) is 24.3 Å². The Morgan fingerprint density at radius 1 is 0.800 bits per heavy atom. The van der Waals surface area contributed by atoms with Gasteiger partial charge in [-0.1, -0.05) is 0 Å². The van der Waals surface area contributed by atoms with Crippen LogP contribution < -0.4 is 4.90 Å². The van der Waals surface area contributed by atoms with Crippen LogP contribution in [0.4, 0.5) is 10.1 Å². The molecule has 0 spiro atoms. The van der Waals surface area contributed by atoms with E-state index in [0.717, 1.165) is 17.8 Å². The molecule has 20 heavy (non-hydrogen) atoms. The largest absolute Gasteiger partial charge is 0.378 e. The highest BCUT2D eigenvalue weighted by Crippen LogP contribution is 2.14. The molecule has 0 atom stereocenters. The van der Waals surface area contributed by atoms with Gasteiger partial charge in [0.15, 0.2) is 0 Å². The van der Waals surface area contributed by atoms with Crippen LogP contribution in [0.2, 0.25) is 0 Å². The van der Waals surface area contributed by atoms with Crippen molar-refractivity contribution in [2.75, 3.05) is 19.0 Å². The zero-order valence-electron chi connectivity index (χ0n) is 11.3. The van der Waals surface area contributed by atoms with Gasteiger partial charge in [0.05, 0.1) is 0 Å². The van der Waals surface area contributed by atoms with Gasteiger partial charge >= 0.3 is 0 Å². The molecule has 0 unspecified atom stereocenters. The van der Waals surface area contributed by atoms with Crippen LogP contribution in [0.5, 0.6) is 0 Å². The predicted octanol–water partition coefficient (Wildman–Crippen LogP) is 2.96. The Morgan fingerprint density at radius 3 is 1.60 bits per heavy atom. The van der Waals surface area contributed by atoms with Gasteiger partial charge in [-0.15, -0.1) is 0 Å². The van der Waals surface area contributed by atoms with Gasteiger partial charge in [0.1, 0.15) is 5.82 Å². The lowest BCUT2D eigenvalue weighted by molar-refractivity contribution is 0.0817. The highest BCUT2D eigenvalue weighted by Gasteiger charge is 2.18. The van der Waals surface area contributed by atoms with Crippen LogP contribution in [0.1, 0.15) is 20.7 Å². The fourth-order valence-electron chi connectivity index (χ4n) is 1.77. The standard InChI is InChI=1S/C16H14FNO2/c1-18(2)14-9-5-12(6-10-14)16(20)15(19)11-3-7-13(17)8-4-11/h3-10H,1-2H3. The van der Waals surface area contributed by atoms with Crippen molar-refractivity contribution in [2.45, 2.75) is 0 Å². The molecule has 0 aromatic heterocycles. The molecule has 0 N–H and O–H groups in total. The van der Waals surface area contributed by atoms with Gasteiger partial charge in [-0.3, -0.25) is 9.59 Å². The number of hydrogen-bond acceptors (Lipinski definition) is 3. The van der Waals surface area contributed by atoms with Crippen LogP contribution in [-0.4, -0.2) is 25.7 Å². The minimum Gasteiger partial charge on any atom is -0.378 e. The second-order valence-electron chi connectivity index (χ2n) is 4.61. The fourth-order valence-corrected chi connectivity index (χ4v) is 1.77. The zero-order chi connectivity index (χ0) is 14.7. The minimum atomic E-state index is -0.636. The fraction of sp³-hybridized carbons (Fsp3) is 0.125. The first-order valence-electron chi connectivity index (χ1n) is 6.11. The Morgan fingerprint density at radius 2 is 1.20 bits per heavy atom. The van der Waals surface area contributed by atoms with Gasteiger partial charge in [-0.05, 0) is 48.5 Å². The number of carbonyl (C=O) groups is 2. The van der Waals surface area contributed by atoms with Crippen molar-refractivity contribution < 1.29 is 14.0 Å². The van der Waals surface area contributed by atoms with Crippen LogP contribution >= 0.6 is 0 Å². The quantitative estimate of drug-likeness (QED) is 0.633. The second-order valence-corrected chi connectivity index (χ2v) is 4.61. The summed E-state index contributed by atoms with van der Waals surface area (Å²) in [5, 5.41) is 0. The van der Waals surface area contributed by atoms with E-state index < -0.39 is 17.4 Å². The molecule has 4 heteroatoms. The molecule has 2 rings (SSSR count). The molecular formula is C16H14FNO2. The third-order valence-electron chi connectivity index (χ3n) is 2.96. The molecule has 0 amide bonds. The Hall–Kier alpha value is -2.49. The van der Waals surface area contributed by atoms with Gasteiger partial charge in [-0.2, -0.15) is 0 Å². The summed E-state index contributed by atoms with van der Waals surface area (Å²) in [6.45, 7) is 0. The third kappa shape index (κ3) is 2.91. The predicted molar refractivity (Wildman–Crippen MR) is 75.8 cm³/mol. The van der Waals surface area contributed by atoms with Crippen molar-refractivity contribution in [3.8, 4) is 0 Å². The zero-order valence-corrected chi connectivity index (χ0v) is 11.3. The van der Waals surface area contributed by atoms with Gasteiger partial charge in [0, 0.05) is 30.9 Å². The van der Waals surface area contributed by atoms with Crippen LogP contribution in [0.15, 0.2) is 48.5 Å². The summed E-state index contributed by atoms with van der Waals surface area (Å²) < 4.78 is 12.8. The van der Waals surface area contributed by atoms with Crippen molar-refractivity contribution in [2.24, 2.45) is 0 Å². The molecule has 0 heterocycles. The number of hydrogen-bond donors (Lipinski definition) is 0. The molecular weight excluding hydrogens is 257 g/mol. The summed E-state index contributed by atoms with van der Waals surface area (Å²) in [5.74, 6) is -1.67. The molecule has 3 nitrogen and oxygen atoms in total. The first-order valence-corrected chi connectivity index (χ1v) is 6.11.